The van der Waals surface area contributed by atoms with Crippen LogP contribution in [0.4, 0.5) is 0 Å². The van der Waals surface area contributed by atoms with E-state index in [2.05, 4.69) is 11.1 Å². The highest BCUT2D eigenvalue weighted by Gasteiger charge is 2.54. The summed E-state index contributed by atoms with van der Waals surface area (Å²) in [5.74, 6) is 0.652. The molecule has 28 heavy (non-hydrogen) atoms. The van der Waals surface area contributed by atoms with Crippen LogP contribution in [0.5, 0.6) is 0 Å². The Labute approximate surface area is 169 Å². The van der Waals surface area contributed by atoms with Crippen molar-refractivity contribution in [3.63, 3.8) is 0 Å². The van der Waals surface area contributed by atoms with Crippen molar-refractivity contribution in [1.29, 1.82) is 0 Å². The number of carbonyl (C=O) groups is 1. The Morgan fingerprint density at radius 2 is 2.29 bits per heavy atom. The summed E-state index contributed by atoms with van der Waals surface area (Å²) in [7, 11) is 0. The first-order valence-electron chi connectivity index (χ1n) is 10.3. The fourth-order valence-electron chi connectivity index (χ4n) is 4.76. The number of likely N-dealkylation sites (tertiary alicyclic amines) is 1. The van der Waals surface area contributed by atoms with Gasteiger partial charge < -0.3 is 14.4 Å². The van der Waals surface area contributed by atoms with Crippen LogP contribution in [-0.2, 0) is 28.9 Å². The van der Waals surface area contributed by atoms with E-state index >= 15 is 0 Å². The lowest BCUT2D eigenvalue weighted by molar-refractivity contribution is -0.120. The van der Waals surface area contributed by atoms with Crippen LogP contribution < -0.4 is 0 Å². The Hall–Kier alpha value is -1.76. The molecule has 148 valence electrons. The third-order valence-electron chi connectivity index (χ3n) is 6.35. The van der Waals surface area contributed by atoms with Crippen LogP contribution in [-0.4, -0.2) is 47.7 Å². The van der Waals surface area contributed by atoms with Crippen LogP contribution in [0.1, 0.15) is 45.1 Å². The number of rotatable bonds is 6. The van der Waals surface area contributed by atoms with Gasteiger partial charge in [0, 0.05) is 24.3 Å². The summed E-state index contributed by atoms with van der Waals surface area (Å²) in [4.78, 5) is 21.4. The fourth-order valence-corrected chi connectivity index (χ4v) is 5.98. The Morgan fingerprint density at radius 1 is 1.36 bits per heavy atom. The molecule has 2 aliphatic heterocycles. The van der Waals surface area contributed by atoms with Crippen LogP contribution >= 0.6 is 11.3 Å². The van der Waals surface area contributed by atoms with Crippen LogP contribution in [0.15, 0.2) is 30.5 Å². The van der Waals surface area contributed by atoms with Gasteiger partial charge in [-0.25, -0.2) is 0 Å². The van der Waals surface area contributed by atoms with Crippen LogP contribution in [0.25, 0.3) is 0 Å². The summed E-state index contributed by atoms with van der Waals surface area (Å²) in [6.45, 7) is 3.49. The van der Waals surface area contributed by atoms with E-state index in [4.69, 9.17) is 9.47 Å². The average molecular weight is 399 g/mol. The predicted molar refractivity (Wildman–Crippen MR) is 108 cm³/mol. The zero-order valence-corrected chi connectivity index (χ0v) is 16.9. The van der Waals surface area contributed by atoms with Gasteiger partial charge in [-0.2, -0.15) is 0 Å². The molecule has 2 aromatic rings. The lowest BCUT2D eigenvalue weighted by Crippen LogP contribution is -2.66. The van der Waals surface area contributed by atoms with Crippen molar-refractivity contribution in [3.05, 3.63) is 51.5 Å². The molecule has 1 aliphatic carbocycles. The summed E-state index contributed by atoms with van der Waals surface area (Å²) in [6.07, 6.45) is 7.33. The van der Waals surface area contributed by atoms with Gasteiger partial charge in [0.15, 0.2) is 0 Å². The van der Waals surface area contributed by atoms with Gasteiger partial charge in [0.05, 0.1) is 30.3 Å². The summed E-state index contributed by atoms with van der Waals surface area (Å²) in [5.41, 5.74) is 2.20. The van der Waals surface area contributed by atoms with Crippen LogP contribution in [0.2, 0.25) is 0 Å². The molecular weight excluding hydrogens is 372 g/mol. The summed E-state index contributed by atoms with van der Waals surface area (Å²) < 4.78 is 11.9. The molecule has 0 N–H and O–H groups in total. The van der Waals surface area contributed by atoms with E-state index in [0.29, 0.717) is 19.1 Å². The Morgan fingerprint density at radius 3 is 3.11 bits per heavy atom. The second-order valence-electron chi connectivity index (χ2n) is 8.14. The second-order valence-corrected chi connectivity index (χ2v) is 9.27. The van der Waals surface area contributed by atoms with Gasteiger partial charge in [0.2, 0.25) is 0 Å². The summed E-state index contributed by atoms with van der Waals surface area (Å²) >= 11 is 1.70. The molecule has 0 unspecified atom stereocenters. The molecule has 1 amide bonds. The van der Waals surface area contributed by atoms with Gasteiger partial charge in [-0.1, -0.05) is 6.07 Å². The molecule has 1 spiro atoms. The minimum Gasteiger partial charge on any atom is -0.375 e. The lowest BCUT2D eigenvalue weighted by Gasteiger charge is -2.50. The number of hydrogen-bond donors (Lipinski definition) is 0. The molecule has 2 fully saturated rings. The molecule has 2 aromatic heterocycles. The number of nitrogens with zero attached hydrogens (tertiary/aromatic N) is 2. The molecule has 0 aromatic carbocycles. The zero-order chi connectivity index (χ0) is 19.0. The number of aryl methyl sites for hydroxylation is 2. The number of pyridine rings is 1. The average Bonchev–Trinajstić information content (AvgIpc) is 3.38. The monoisotopic (exact) mass is 398 g/mol. The first-order chi connectivity index (χ1) is 13.7. The van der Waals surface area contributed by atoms with Crippen LogP contribution in [0, 0.1) is 5.92 Å². The SMILES string of the molecule is O=C(c1cc2c(s1)CCC2)N1CC2(C1)OCC[C@@H]2CCOCc1ccccn1. The van der Waals surface area contributed by atoms with E-state index in [0.717, 1.165) is 56.0 Å². The highest BCUT2D eigenvalue weighted by molar-refractivity contribution is 7.14. The zero-order valence-electron chi connectivity index (χ0n) is 16.1. The predicted octanol–water partition coefficient (Wildman–Crippen LogP) is 3.47. The topological polar surface area (TPSA) is 51.7 Å². The molecule has 0 saturated carbocycles. The molecule has 5 rings (SSSR count). The molecule has 0 radical (unpaired) electrons. The number of ether oxygens (including phenoxy) is 2. The first-order valence-corrected chi connectivity index (χ1v) is 11.1. The highest BCUT2D eigenvalue weighted by atomic mass is 32.1. The number of thiophene rings is 1. The van der Waals surface area contributed by atoms with Gasteiger partial charge in [-0.15, -0.1) is 11.3 Å². The molecule has 0 bridgehead atoms. The minimum atomic E-state index is -0.149. The van der Waals surface area contributed by atoms with E-state index in [1.165, 1.54) is 16.9 Å². The normalized spacial score (nSPS) is 22.4. The molecule has 3 aliphatic rings. The van der Waals surface area contributed by atoms with E-state index in [-0.39, 0.29) is 11.5 Å². The fraction of sp³-hybridized carbons (Fsp3) is 0.545. The van der Waals surface area contributed by atoms with Crippen molar-refractivity contribution in [3.8, 4) is 0 Å². The molecule has 5 nitrogen and oxygen atoms in total. The first kappa shape index (κ1) is 18.3. The Bertz CT molecular complexity index is 823. The number of fused-ring (bicyclic) bond motifs is 1. The molecule has 6 heteroatoms. The largest absolute Gasteiger partial charge is 0.375 e. The van der Waals surface area contributed by atoms with Gasteiger partial charge >= 0.3 is 0 Å². The second kappa shape index (κ2) is 7.58. The van der Waals surface area contributed by atoms with Crippen molar-refractivity contribution < 1.29 is 14.3 Å². The van der Waals surface area contributed by atoms with Gasteiger partial charge in [0.25, 0.3) is 5.91 Å². The van der Waals surface area contributed by atoms with Gasteiger partial charge in [0.1, 0.15) is 5.60 Å². The smallest absolute Gasteiger partial charge is 0.264 e. The third kappa shape index (κ3) is 3.38. The van der Waals surface area contributed by atoms with Crippen molar-refractivity contribution in [1.82, 2.24) is 9.88 Å². The van der Waals surface area contributed by atoms with Crippen LogP contribution in [0.3, 0.4) is 0 Å². The van der Waals surface area contributed by atoms with Gasteiger partial charge in [-0.05, 0) is 61.8 Å². The number of carbonyl (C=O) groups excluding carboxylic acids is 1. The van der Waals surface area contributed by atoms with E-state index < -0.39 is 0 Å². The third-order valence-corrected chi connectivity index (χ3v) is 7.57. The lowest BCUT2D eigenvalue weighted by atomic mass is 9.79. The maximum absolute atomic E-state index is 12.8. The Kier molecular flexibility index (Phi) is 4.95. The Balaban J connectivity index is 1.12. The van der Waals surface area contributed by atoms with E-state index in [9.17, 15) is 4.79 Å². The summed E-state index contributed by atoms with van der Waals surface area (Å²) in [6, 6.07) is 8.00. The van der Waals surface area contributed by atoms with Crippen molar-refractivity contribution >= 4 is 17.2 Å². The van der Waals surface area contributed by atoms with Crippen molar-refractivity contribution in [2.75, 3.05) is 26.3 Å². The maximum Gasteiger partial charge on any atom is 0.264 e. The molecule has 4 heterocycles. The van der Waals surface area contributed by atoms with Crippen molar-refractivity contribution in [2.24, 2.45) is 5.92 Å². The van der Waals surface area contributed by atoms with Gasteiger partial charge in [-0.3, -0.25) is 9.78 Å². The molecule has 1 atom stereocenters. The highest BCUT2D eigenvalue weighted by Crippen LogP contribution is 2.43. The quantitative estimate of drug-likeness (QED) is 0.699. The van der Waals surface area contributed by atoms with E-state index in [1.807, 2.05) is 23.1 Å². The standard InChI is InChI=1S/C22H26N2O3S/c25-21(20-12-16-4-3-6-19(16)28-20)24-14-22(15-24)17(8-11-27-22)7-10-26-13-18-5-1-2-9-23-18/h1-2,5,9,12,17H,3-4,6-8,10-11,13-15H2/t17-/m0/s1. The van der Waals surface area contributed by atoms with Crippen molar-refractivity contribution in [2.45, 2.75) is 44.3 Å². The molecular formula is C22H26N2O3S. The number of hydrogen-bond acceptors (Lipinski definition) is 5. The number of amides is 1. The maximum atomic E-state index is 12.8. The summed E-state index contributed by atoms with van der Waals surface area (Å²) in [5, 5.41) is 0. The van der Waals surface area contributed by atoms with E-state index in [1.54, 1.807) is 17.5 Å². The number of aromatic nitrogens is 1. The minimum absolute atomic E-state index is 0.149. The molecule has 2 saturated heterocycles.